The molecule has 2 aliphatic heterocycles. The maximum absolute atomic E-state index is 11.8. The van der Waals surface area contributed by atoms with Crippen LogP contribution >= 0.6 is 24.4 Å². The van der Waals surface area contributed by atoms with E-state index in [-0.39, 0.29) is 21.7 Å². The Morgan fingerprint density at radius 2 is 2.19 bits per heavy atom. The molecule has 0 saturated carbocycles. The number of carboxylic acid groups (broad SMARTS) is 1. The maximum Gasteiger partial charge on any atom is 0.311 e. The highest BCUT2D eigenvalue weighted by Crippen LogP contribution is 2.55. The summed E-state index contributed by atoms with van der Waals surface area (Å²) in [5, 5.41) is 9.28. The van der Waals surface area contributed by atoms with Crippen molar-refractivity contribution in [1.29, 1.82) is 0 Å². The number of ether oxygens (including phenoxy) is 1. The van der Waals surface area contributed by atoms with Crippen LogP contribution in [0.2, 0.25) is 0 Å². The third-order valence-electron chi connectivity index (χ3n) is 3.17. The van der Waals surface area contributed by atoms with Gasteiger partial charge in [-0.1, -0.05) is 0 Å². The molecule has 1 N–H and O–H groups in total. The highest BCUT2D eigenvalue weighted by atomic mass is 32.2. The van der Waals surface area contributed by atoms with Crippen molar-refractivity contribution in [3.05, 3.63) is 0 Å². The van der Waals surface area contributed by atoms with Crippen molar-refractivity contribution in [2.45, 2.75) is 29.1 Å². The Bertz CT molecular complexity index is 320. The van der Waals surface area contributed by atoms with E-state index < -0.39 is 17.8 Å². The van der Waals surface area contributed by atoms with Gasteiger partial charge in [-0.25, -0.2) is 0 Å². The number of hydrogen-bond donors (Lipinski definition) is 2. The minimum atomic E-state index is -0.890. The van der Waals surface area contributed by atoms with Gasteiger partial charge in [0.25, 0.3) is 0 Å². The fourth-order valence-electron chi connectivity index (χ4n) is 2.54. The first-order valence-electron chi connectivity index (χ1n) is 5.29. The second kappa shape index (κ2) is 4.49. The summed E-state index contributed by atoms with van der Waals surface area (Å²) in [6.45, 7) is 2.02. The Hall–Kier alpha value is -0.360. The number of fused-ring (bicyclic) bond motifs is 2. The molecule has 0 aromatic heterocycles. The SMILES string of the molecule is CCOC(=O)C1C2SC(CC2S)C1C(=O)O. The van der Waals surface area contributed by atoms with Gasteiger partial charge in [0, 0.05) is 15.7 Å². The van der Waals surface area contributed by atoms with E-state index in [0.717, 1.165) is 6.42 Å². The zero-order chi connectivity index (χ0) is 11.9. The molecule has 0 amide bonds. The van der Waals surface area contributed by atoms with Crippen LogP contribution in [0.15, 0.2) is 0 Å². The van der Waals surface area contributed by atoms with Gasteiger partial charge in [-0.2, -0.15) is 24.4 Å². The smallest absolute Gasteiger partial charge is 0.311 e. The van der Waals surface area contributed by atoms with E-state index in [9.17, 15) is 9.59 Å². The predicted molar refractivity (Wildman–Crippen MR) is 63.8 cm³/mol. The zero-order valence-corrected chi connectivity index (χ0v) is 10.5. The van der Waals surface area contributed by atoms with Crippen molar-refractivity contribution in [1.82, 2.24) is 0 Å². The molecule has 0 aromatic carbocycles. The number of thioether (sulfide) groups is 1. The number of rotatable bonds is 3. The first-order valence-corrected chi connectivity index (χ1v) is 6.75. The summed E-state index contributed by atoms with van der Waals surface area (Å²) < 4.78 is 4.96. The summed E-state index contributed by atoms with van der Waals surface area (Å²) in [6.07, 6.45) is 0.769. The quantitative estimate of drug-likeness (QED) is 0.588. The Morgan fingerprint density at radius 1 is 1.50 bits per heavy atom. The summed E-state index contributed by atoms with van der Waals surface area (Å²) in [4.78, 5) is 22.9. The first kappa shape index (κ1) is 12.1. The minimum Gasteiger partial charge on any atom is -0.481 e. The normalized spacial score (nSPS) is 41.0. The number of hydrogen-bond acceptors (Lipinski definition) is 5. The molecule has 0 aliphatic carbocycles. The molecule has 2 aliphatic rings. The Labute approximate surface area is 104 Å². The van der Waals surface area contributed by atoms with Crippen LogP contribution in [0.1, 0.15) is 13.3 Å². The Morgan fingerprint density at radius 3 is 2.75 bits per heavy atom. The highest BCUT2D eigenvalue weighted by molar-refractivity contribution is 8.02. The molecule has 5 unspecified atom stereocenters. The van der Waals surface area contributed by atoms with Crippen LogP contribution in [0.25, 0.3) is 0 Å². The predicted octanol–water partition coefficient (Wildman–Crippen LogP) is 1.05. The fraction of sp³-hybridized carbons (Fsp3) is 0.800. The molecular weight excluding hydrogens is 248 g/mol. The van der Waals surface area contributed by atoms with E-state index in [2.05, 4.69) is 12.6 Å². The number of aliphatic carboxylic acids is 1. The highest BCUT2D eigenvalue weighted by Gasteiger charge is 2.58. The van der Waals surface area contributed by atoms with Crippen LogP contribution < -0.4 is 0 Å². The molecule has 0 spiro atoms. The molecule has 2 saturated heterocycles. The van der Waals surface area contributed by atoms with Gasteiger partial charge in [-0.05, 0) is 13.3 Å². The molecular formula is C10H14O4S2. The summed E-state index contributed by atoms with van der Waals surface area (Å²) in [5.74, 6) is -2.40. The van der Waals surface area contributed by atoms with E-state index in [4.69, 9.17) is 9.84 Å². The Balaban J connectivity index is 2.19. The van der Waals surface area contributed by atoms with E-state index in [1.54, 1.807) is 18.7 Å². The second-order valence-electron chi connectivity index (χ2n) is 4.08. The lowest BCUT2D eigenvalue weighted by atomic mass is 9.79. The molecule has 6 heteroatoms. The molecule has 90 valence electrons. The summed E-state index contributed by atoms with van der Waals surface area (Å²) >= 11 is 5.99. The van der Waals surface area contributed by atoms with Crippen molar-refractivity contribution in [2.75, 3.05) is 6.61 Å². The van der Waals surface area contributed by atoms with Crippen LogP contribution in [0.5, 0.6) is 0 Å². The molecule has 2 rings (SSSR count). The largest absolute Gasteiger partial charge is 0.481 e. The molecule has 16 heavy (non-hydrogen) atoms. The van der Waals surface area contributed by atoms with Gasteiger partial charge in [-0.3, -0.25) is 9.59 Å². The lowest BCUT2D eigenvalue weighted by Gasteiger charge is -2.28. The van der Waals surface area contributed by atoms with Crippen LogP contribution in [-0.2, 0) is 14.3 Å². The summed E-state index contributed by atoms with van der Waals surface area (Å²) in [7, 11) is 0. The summed E-state index contributed by atoms with van der Waals surface area (Å²) in [5.41, 5.74) is 0. The Kier molecular flexibility index (Phi) is 3.39. The van der Waals surface area contributed by atoms with E-state index in [1.807, 2.05) is 0 Å². The first-order chi connectivity index (χ1) is 7.56. The lowest BCUT2D eigenvalue weighted by molar-refractivity contribution is -0.157. The maximum atomic E-state index is 11.8. The van der Waals surface area contributed by atoms with E-state index in [1.165, 1.54) is 0 Å². The summed E-state index contributed by atoms with van der Waals surface area (Å²) in [6, 6.07) is 0. The van der Waals surface area contributed by atoms with Gasteiger partial charge < -0.3 is 9.84 Å². The molecule has 2 bridgehead atoms. The molecule has 2 heterocycles. The molecule has 0 radical (unpaired) electrons. The van der Waals surface area contributed by atoms with Gasteiger partial charge >= 0.3 is 11.9 Å². The molecule has 0 aromatic rings. The monoisotopic (exact) mass is 262 g/mol. The van der Waals surface area contributed by atoms with Gasteiger partial charge in [-0.15, -0.1) is 0 Å². The van der Waals surface area contributed by atoms with E-state index in [0.29, 0.717) is 6.61 Å². The van der Waals surface area contributed by atoms with Crippen LogP contribution in [0.3, 0.4) is 0 Å². The van der Waals surface area contributed by atoms with Crippen molar-refractivity contribution < 1.29 is 19.4 Å². The van der Waals surface area contributed by atoms with Crippen molar-refractivity contribution in [2.24, 2.45) is 11.8 Å². The van der Waals surface area contributed by atoms with Gasteiger partial charge in [0.1, 0.15) is 0 Å². The van der Waals surface area contributed by atoms with Crippen molar-refractivity contribution >= 4 is 36.3 Å². The topological polar surface area (TPSA) is 63.6 Å². The molecule has 4 nitrogen and oxygen atoms in total. The minimum absolute atomic E-state index is 0.00603. The number of carboxylic acids is 1. The average Bonchev–Trinajstić information content (AvgIpc) is 2.73. The lowest BCUT2D eigenvalue weighted by Crippen LogP contribution is -2.43. The number of esters is 1. The third kappa shape index (κ3) is 1.82. The average molecular weight is 262 g/mol. The van der Waals surface area contributed by atoms with Gasteiger partial charge in [0.05, 0.1) is 18.4 Å². The molecule has 2 fully saturated rings. The standard InChI is InChI=1S/C10H14O4S2/c1-2-14-10(13)7-6(9(11)12)5-3-4(15)8(7)16-5/h4-8,15H,2-3H2,1H3,(H,11,12). The third-order valence-corrected chi connectivity index (χ3v) is 5.68. The van der Waals surface area contributed by atoms with Crippen LogP contribution in [-0.4, -0.2) is 39.4 Å². The van der Waals surface area contributed by atoms with Crippen LogP contribution in [0.4, 0.5) is 0 Å². The molecule has 5 atom stereocenters. The van der Waals surface area contributed by atoms with Crippen LogP contribution in [0, 0.1) is 11.8 Å². The number of carbonyl (C=O) groups is 2. The van der Waals surface area contributed by atoms with Gasteiger partial charge in [0.2, 0.25) is 0 Å². The fourth-order valence-corrected chi connectivity index (χ4v) is 5.23. The van der Waals surface area contributed by atoms with Crippen molar-refractivity contribution in [3.8, 4) is 0 Å². The van der Waals surface area contributed by atoms with E-state index >= 15 is 0 Å². The number of thiol groups is 1. The second-order valence-corrected chi connectivity index (χ2v) is 6.17. The number of carbonyl (C=O) groups excluding carboxylic acids is 1. The van der Waals surface area contributed by atoms with Gasteiger partial charge in [0.15, 0.2) is 0 Å². The zero-order valence-electron chi connectivity index (χ0n) is 8.83. The van der Waals surface area contributed by atoms with Crippen molar-refractivity contribution in [3.63, 3.8) is 0 Å².